The largest absolute Gasteiger partial charge is 0.304 e. The molecule has 98 valence electrons. The Morgan fingerprint density at radius 2 is 1.82 bits per heavy atom. The number of Topliss-reactive ketones (excluding diaryl/α,β-unsaturated/α-hetero) is 1. The van der Waals surface area contributed by atoms with Crippen LogP contribution in [-0.4, -0.2) is 17.9 Å². The summed E-state index contributed by atoms with van der Waals surface area (Å²) in [6.45, 7) is 6.45. The number of hydrogen-bond acceptors (Lipinski definition) is 2. The summed E-state index contributed by atoms with van der Waals surface area (Å²) in [6, 6.07) is 0.778. The highest BCUT2D eigenvalue weighted by Gasteiger charge is 2.35. The van der Waals surface area contributed by atoms with Gasteiger partial charge in [-0.15, -0.1) is 0 Å². The summed E-state index contributed by atoms with van der Waals surface area (Å²) in [5.74, 6) is 1.28. The molecule has 0 amide bonds. The third kappa shape index (κ3) is 3.54. The first-order chi connectivity index (χ1) is 7.96. The molecule has 0 spiro atoms. The van der Waals surface area contributed by atoms with Crippen molar-refractivity contribution in [2.75, 3.05) is 0 Å². The lowest BCUT2D eigenvalue weighted by molar-refractivity contribution is -0.124. The van der Waals surface area contributed by atoms with E-state index in [-0.39, 0.29) is 11.5 Å². The molecule has 1 saturated heterocycles. The topological polar surface area (TPSA) is 29.1 Å². The van der Waals surface area contributed by atoms with Gasteiger partial charge in [-0.25, -0.2) is 0 Å². The SMILES string of the molecule is CC(C)(C)CC(=O)[C@H]1CC[C@H]2CCCC[C@H]2N1. The van der Waals surface area contributed by atoms with E-state index < -0.39 is 0 Å². The van der Waals surface area contributed by atoms with Gasteiger partial charge in [-0.3, -0.25) is 4.79 Å². The lowest BCUT2D eigenvalue weighted by Crippen LogP contribution is -2.52. The van der Waals surface area contributed by atoms with Crippen LogP contribution in [-0.2, 0) is 4.79 Å². The molecule has 2 heteroatoms. The van der Waals surface area contributed by atoms with Crippen LogP contribution in [0.5, 0.6) is 0 Å². The minimum Gasteiger partial charge on any atom is -0.304 e. The van der Waals surface area contributed by atoms with Crippen molar-refractivity contribution in [1.82, 2.24) is 5.32 Å². The minimum atomic E-state index is 0.127. The fraction of sp³-hybridized carbons (Fsp3) is 0.933. The highest BCUT2D eigenvalue weighted by molar-refractivity contribution is 5.84. The van der Waals surface area contributed by atoms with E-state index in [0.29, 0.717) is 18.2 Å². The van der Waals surface area contributed by atoms with E-state index in [9.17, 15) is 4.79 Å². The maximum atomic E-state index is 12.2. The van der Waals surface area contributed by atoms with E-state index in [1.807, 2.05) is 0 Å². The van der Waals surface area contributed by atoms with Crippen molar-refractivity contribution >= 4 is 5.78 Å². The molecule has 0 bridgehead atoms. The maximum absolute atomic E-state index is 12.2. The van der Waals surface area contributed by atoms with Crippen molar-refractivity contribution in [3.05, 3.63) is 0 Å². The lowest BCUT2D eigenvalue weighted by Gasteiger charge is -2.40. The summed E-state index contributed by atoms with van der Waals surface area (Å²) in [7, 11) is 0. The number of hydrogen-bond donors (Lipinski definition) is 1. The van der Waals surface area contributed by atoms with Crippen LogP contribution in [0.4, 0.5) is 0 Å². The zero-order valence-corrected chi connectivity index (χ0v) is 11.6. The van der Waals surface area contributed by atoms with Crippen LogP contribution in [0.2, 0.25) is 0 Å². The quantitative estimate of drug-likeness (QED) is 0.798. The van der Waals surface area contributed by atoms with Crippen molar-refractivity contribution in [3.8, 4) is 0 Å². The second-order valence-electron chi connectivity index (χ2n) is 7.15. The Morgan fingerprint density at radius 3 is 2.53 bits per heavy atom. The van der Waals surface area contributed by atoms with Crippen LogP contribution in [0.1, 0.15) is 65.7 Å². The van der Waals surface area contributed by atoms with Crippen LogP contribution in [0, 0.1) is 11.3 Å². The Kier molecular flexibility index (Phi) is 3.92. The van der Waals surface area contributed by atoms with Crippen molar-refractivity contribution in [2.24, 2.45) is 11.3 Å². The molecular formula is C15H27NO. The smallest absolute Gasteiger partial charge is 0.150 e. The number of piperidine rings is 1. The molecule has 1 aliphatic carbocycles. The van der Waals surface area contributed by atoms with E-state index in [1.165, 1.54) is 32.1 Å². The molecule has 1 heterocycles. The van der Waals surface area contributed by atoms with Gasteiger partial charge in [-0.1, -0.05) is 33.6 Å². The molecule has 0 unspecified atom stereocenters. The predicted octanol–water partition coefficient (Wildman–Crippen LogP) is 3.30. The Hall–Kier alpha value is -0.370. The molecule has 0 radical (unpaired) electrons. The fourth-order valence-electron chi connectivity index (χ4n) is 3.39. The third-order valence-electron chi connectivity index (χ3n) is 4.24. The number of fused-ring (bicyclic) bond motifs is 1. The first-order valence-corrected chi connectivity index (χ1v) is 7.24. The van der Waals surface area contributed by atoms with Crippen molar-refractivity contribution in [1.29, 1.82) is 0 Å². The van der Waals surface area contributed by atoms with Gasteiger partial charge in [0.05, 0.1) is 6.04 Å². The van der Waals surface area contributed by atoms with E-state index >= 15 is 0 Å². The third-order valence-corrected chi connectivity index (χ3v) is 4.24. The molecule has 1 aliphatic heterocycles. The van der Waals surface area contributed by atoms with Gasteiger partial charge in [0.25, 0.3) is 0 Å². The number of carbonyl (C=O) groups excluding carboxylic acids is 1. The fourth-order valence-corrected chi connectivity index (χ4v) is 3.39. The summed E-state index contributed by atoms with van der Waals surface area (Å²) in [5.41, 5.74) is 0.127. The summed E-state index contributed by atoms with van der Waals surface area (Å²) >= 11 is 0. The second kappa shape index (κ2) is 5.09. The van der Waals surface area contributed by atoms with Gasteiger partial charge in [0.2, 0.25) is 0 Å². The first kappa shape index (κ1) is 13.1. The number of carbonyl (C=O) groups is 1. The molecule has 0 aromatic heterocycles. The van der Waals surface area contributed by atoms with Gasteiger partial charge in [0.15, 0.2) is 0 Å². The zero-order chi connectivity index (χ0) is 12.5. The van der Waals surface area contributed by atoms with Crippen LogP contribution in [0.3, 0.4) is 0 Å². The van der Waals surface area contributed by atoms with Gasteiger partial charge >= 0.3 is 0 Å². The number of rotatable bonds is 2. The van der Waals surface area contributed by atoms with E-state index in [4.69, 9.17) is 0 Å². The Balaban J connectivity index is 1.89. The molecule has 17 heavy (non-hydrogen) atoms. The van der Waals surface area contributed by atoms with E-state index in [1.54, 1.807) is 0 Å². The average molecular weight is 237 g/mol. The highest BCUT2D eigenvalue weighted by atomic mass is 16.1. The van der Waals surface area contributed by atoms with Gasteiger partial charge in [-0.05, 0) is 37.0 Å². The normalized spacial score (nSPS) is 34.2. The van der Waals surface area contributed by atoms with Crippen molar-refractivity contribution in [2.45, 2.75) is 77.8 Å². The lowest BCUT2D eigenvalue weighted by atomic mass is 9.76. The second-order valence-corrected chi connectivity index (χ2v) is 7.15. The summed E-state index contributed by atoms with van der Waals surface area (Å²) in [5, 5.41) is 3.63. The van der Waals surface area contributed by atoms with Gasteiger partial charge < -0.3 is 5.32 Å². The number of nitrogens with one attached hydrogen (secondary N) is 1. The predicted molar refractivity (Wildman–Crippen MR) is 71.0 cm³/mol. The highest BCUT2D eigenvalue weighted by Crippen LogP contribution is 2.33. The van der Waals surface area contributed by atoms with Crippen LogP contribution < -0.4 is 5.32 Å². The molecule has 1 saturated carbocycles. The van der Waals surface area contributed by atoms with Gasteiger partial charge in [-0.2, -0.15) is 0 Å². The van der Waals surface area contributed by atoms with Crippen molar-refractivity contribution in [3.63, 3.8) is 0 Å². The molecule has 2 rings (SSSR count). The standard InChI is InChI=1S/C15H27NO/c1-15(2,3)10-14(17)13-9-8-11-6-4-5-7-12(11)16-13/h11-13,16H,4-10H2,1-3H3/t11-,12-,13-/m1/s1. The molecule has 3 atom stereocenters. The van der Waals surface area contributed by atoms with Crippen molar-refractivity contribution < 1.29 is 4.79 Å². The van der Waals surface area contributed by atoms with E-state index in [0.717, 1.165) is 12.3 Å². The molecule has 1 N–H and O–H groups in total. The molecule has 2 aliphatic rings. The monoisotopic (exact) mass is 237 g/mol. The molecule has 2 fully saturated rings. The average Bonchev–Trinajstić information content (AvgIpc) is 2.26. The molecular weight excluding hydrogens is 210 g/mol. The van der Waals surface area contributed by atoms with Crippen LogP contribution in [0.15, 0.2) is 0 Å². The Labute approximate surface area is 106 Å². The van der Waals surface area contributed by atoms with Crippen LogP contribution in [0.25, 0.3) is 0 Å². The summed E-state index contributed by atoms with van der Waals surface area (Å²) in [6.07, 6.45) is 8.43. The van der Waals surface area contributed by atoms with Gasteiger partial charge in [0, 0.05) is 12.5 Å². The van der Waals surface area contributed by atoms with Crippen LogP contribution >= 0.6 is 0 Å². The molecule has 0 aromatic carbocycles. The number of ketones is 1. The first-order valence-electron chi connectivity index (χ1n) is 7.24. The minimum absolute atomic E-state index is 0.127. The molecule has 2 nitrogen and oxygen atoms in total. The molecule has 0 aromatic rings. The Bertz CT molecular complexity index is 279. The summed E-state index contributed by atoms with van der Waals surface area (Å²) in [4.78, 5) is 12.2. The Morgan fingerprint density at radius 1 is 1.12 bits per heavy atom. The zero-order valence-electron chi connectivity index (χ0n) is 11.6. The summed E-state index contributed by atoms with van der Waals surface area (Å²) < 4.78 is 0. The van der Waals surface area contributed by atoms with E-state index in [2.05, 4.69) is 26.1 Å². The maximum Gasteiger partial charge on any atom is 0.150 e. The van der Waals surface area contributed by atoms with Gasteiger partial charge in [0.1, 0.15) is 5.78 Å².